The highest BCUT2D eigenvalue weighted by atomic mass is 15.3. The molecule has 0 spiro atoms. The Morgan fingerprint density at radius 3 is 2.81 bits per heavy atom. The van der Waals surface area contributed by atoms with E-state index in [1.807, 2.05) is 30.1 Å². The third kappa shape index (κ3) is 2.84. The zero-order valence-corrected chi connectivity index (χ0v) is 12.3. The standard InChI is InChI=1S/C15H18N6/c1-3-14-16-6-5-13(19-14)15-17-7-8-20(15)10-12-9-18-21(4-2)11-12/h5-9,11H,3-4,10H2,1-2H3. The summed E-state index contributed by atoms with van der Waals surface area (Å²) in [5.41, 5.74) is 2.01. The van der Waals surface area contributed by atoms with Crippen LogP contribution < -0.4 is 0 Å². The van der Waals surface area contributed by atoms with Crippen molar-refractivity contribution in [1.82, 2.24) is 29.3 Å². The summed E-state index contributed by atoms with van der Waals surface area (Å²) in [6, 6.07) is 1.90. The highest BCUT2D eigenvalue weighted by Gasteiger charge is 2.09. The molecule has 0 aromatic carbocycles. The van der Waals surface area contributed by atoms with Crippen LogP contribution in [0, 0.1) is 0 Å². The molecular formula is C15H18N6. The Morgan fingerprint density at radius 1 is 1.14 bits per heavy atom. The van der Waals surface area contributed by atoms with Crippen LogP contribution in [0.25, 0.3) is 11.5 Å². The van der Waals surface area contributed by atoms with Gasteiger partial charge in [-0.15, -0.1) is 0 Å². The second-order valence-corrected chi connectivity index (χ2v) is 4.79. The fourth-order valence-corrected chi connectivity index (χ4v) is 2.22. The van der Waals surface area contributed by atoms with Gasteiger partial charge in [0, 0.05) is 43.3 Å². The molecule has 6 nitrogen and oxygen atoms in total. The molecule has 0 saturated heterocycles. The van der Waals surface area contributed by atoms with Gasteiger partial charge in [-0.05, 0) is 13.0 Å². The number of aryl methyl sites for hydroxylation is 2. The van der Waals surface area contributed by atoms with Gasteiger partial charge in [-0.2, -0.15) is 5.10 Å². The van der Waals surface area contributed by atoms with Gasteiger partial charge in [-0.3, -0.25) is 4.68 Å². The fourth-order valence-electron chi connectivity index (χ4n) is 2.22. The maximum Gasteiger partial charge on any atom is 0.159 e. The Kier molecular flexibility index (Phi) is 3.77. The van der Waals surface area contributed by atoms with Crippen molar-refractivity contribution >= 4 is 0 Å². The van der Waals surface area contributed by atoms with E-state index in [1.54, 1.807) is 12.4 Å². The van der Waals surface area contributed by atoms with Crippen molar-refractivity contribution in [3.63, 3.8) is 0 Å². The summed E-state index contributed by atoms with van der Waals surface area (Å²) in [7, 11) is 0. The number of rotatable bonds is 5. The van der Waals surface area contributed by atoms with Crippen LogP contribution in [0.4, 0.5) is 0 Å². The maximum absolute atomic E-state index is 4.54. The molecule has 3 heterocycles. The van der Waals surface area contributed by atoms with Crippen LogP contribution in [0.15, 0.2) is 37.1 Å². The van der Waals surface area contributed by atoms with E-state index in [9.17, 15) is 0 Å². The van der Waals surface area contributed by atoms with Gasteiger partial charge in [-0.25, -0.2) is 15.0 Å². The maximum atomic E-state index is 4.54. The molecular weight excluding hydrogens is 264 g/mol. The molecule has 0 amide bonds. The average molecular weight is 282 g/mol. The third-order valence-electron chi connectivity index (χ3n) is 3.33. The molecule has 108 valence electrons. The molecule has 6 heteroatoms. The average Bonchev–Trinajstić information content (AvgIpc) is 3.17. The minimum absolute atomic E-state index is 0.737. The van der Waals surface area contributed by atoms with Crippen LogP contribution in [0.3, 0.4) is 0 Å². The zero-order valence-electron chi connectivity index (χ0n) is 12.3. The highest BCUT2D eigenvalue weighted by molar-refractivity contribution is 5.49. The molecule has 0 saturated carbocycles. The lowest BCUT2D eigenvalue weighted by molar-refractivity contribution is 0.658. The number of nitrogens with zero attached hydrogens (tertiary/aromatic N) is 6. The summed E-state index contributed by atoms with van der Waals surface area (Å²) < 4.78 is 4.00. The van der Waals surface area contributed by atoms with E-state index >= 15 is 0 Å². The van der Waals surface area contributed by atoms with Gasteiger partial charge in [0.05, 0.1) is 12.7 Å². The van der Waals surface area contributed by atoms with Crippen molar-refractivity contribution in [1.29, 1.82) is 0 Å². The van der Waals surface area contributed by atoms with Gasteiger partial charge in [-0.1, -0.05) is 6.92 Å². The number of hydrogen-bond donors (Lipinski definition) is 0. The first-order chi connectivity index (χ1) is 10.3. The van der Waals surface area contributed by atoms with E-state index in [2.05, 4.69) is 37.7 Å². The van der Waals surface area contributed by atoms with Crippen LogP contribution in [0.2, 0.25) is 0 Å². The van der Waals surface area contributed by atoms with Crippen molar-refractivity contribution in [2.24, 2.45) is 0 Å². The van der Waals surface area contributed by atoms with Crippen molar-refractivity contribution in [3.8, 4) is 11.5 Å². The SMILES string of the molecule is CCc1nccc(-c2nccn2Cc2cnn(CC)c2)n1. The molecule has 0 aliphatic heterocycles. The van der Waals surface area contributed by atoms with Crippen LogP contribution in [0.1, 0.15) is 25.2 Å². The monoisotopic (exact) mass is 282 g/mol. The molecule has 0 radical (unpaired) electrons. The topological polar surface area (TPSA) is 61.4 Å². The Morgan fingerprint density at radius 2 is 2.05 bits per heavy atom. The predicted octanol–water partition coefficient (Wildman–Crippen LogP) is 2.17. The van der Waals surface area contributed by atoms with E-state index in [1.165, 1.54) is 0 Å². The van der Waals surface area contributed by atoms with Crippen LogP contribution >= 0.6 is 0 Å². The van der Waals surface area contributed by atoms with Crippen molar-refractivity contribution in [3.05, 3.63) is 48.4 Å². The predicted molar refractivity (Wildman–Crippen MR) is 79.6 cm³/mol. The van der Waals surface area contributed by atoms with Crippen LogP contribution in [0.5, 0.6) is 0 Å². The second kappa shape index (κ2) is 5.87. The first-order valence-corrected chi connectivity index (χ1v) is 7.15. The first kappa shape index (κ1) is 13.5. The van der Waals surface area contributed by atoms with Gasteiger partial charge in [0.2, 0.25) is 0 Å². The summed E-state index contributed by atoms with van der Waals surface area (Å²) >= 11 is 0. The molecule has 3 rings (SSSR count). The third-order valence-corrected chi connectivity index (χ3v) is 3.33. The number of aromatic nitrogens is 6. The Balaban J connectivity index is 1.89. The van der Waals surface area contributed by atoms with Gasteiger partial charge in [0.15, 0.2) is 5.82 Å². The molecule has 3 aromatic heterocycles. The Labute approximate surface area is 123 Å². The first-order valence-electron chi connectivity index (χ1n) is 7.15. The molecule has 3 aromatic rings. The second-order valence-electron chi connectivity index (χ2n) is 4.79. The molecule has 0 N–H and O–H groups in total. The highest BCUT2D eigenvalue weighted by Crippen LogP contribution is 2.16. The summed E-state index contributed by atoms with van der Waals surface area (Å²) in [5.74, 6) is 1.69. The molecule has 0 fully saturated rings. The number of imidazole rings is 1. The summed E-state index contributed by atoms with van der Waals surface area (Å²) in [4.78, 5) is 13.2. The minimum Gasteiger partial charge on any atom is -0.325 e. The van der Waals surface area contributed by atoms with E-state index in [0.717, 1.165) is 42.4 Å². The molecule has 0 bridgehead atoms. The zero-order chi connectivity index (χ0) is 14.7. The largest absolute Gasteiger partial charge is 0.325 e. The van der Waals surface area contributed by atoms with Crippen molar-refractivity contribution < 1.29 is 0 Å². The van der Waals surface area contributed by atoms with E-state index < -0.39 is 0 Å². The normalized spacial score (nSPS) is 11.0. The van der Waals surface area contributed by atoms with Gasteiger partial charge < -0.3 is 4.57 Å². The van der Waals surface area contributed by atoms with Crippen molar-refractivity contribution in [2.75, 3.05) is 0 Å². The fraction of sp³-hybridized carbons (Fsp3) is 0.333. The Hall–Kier alpha value is -2.50. The van der Waals surface area contributed by atoms with Crippen molar-refractivity contribution in [2.45, 2.75) is 33.4 Å². The smallest absolute Gasteiger partial charge is 0.159 e. The summed E-state index contributed by atoms with van der Waals surface area (Å²) in [5, 5.41) is 4.30. The lowest BCUT2D eigenvalue weighted by Gasteiger charge is -2.06. The van der Waals surface area contributed by atoms with Crippen LogP contribution in [-0.2, 0) is 19.5 Å². The van der Waals surface area contributed by atoms with E-state index in [4.69, 9.17) is 0 Å². The molecule has 0 unspecified atom stereocenters. The van der Waals surface area contributed by atoms with Gasteiger partial charge in [0.1, 0.15) is 11.5 Å². The molecule has 21 heavy (non-hydrogen) atoms. The lowest BCUT2D eigenvalue weighted by atomic mass is 10.3. The van der Waals surface area contributed by atoms with E-state index in [0.29, 0.717) is 0 Å². The Bertz CT molecular complexity index is 727. The van der Waals surface area contributed by atoms with Gasteiger partial charge >= 0.3 is 0 Å². The molecule has 0 aliphatic rings. The lowest BCUT2D eigenvalue weighted by Crippen LogP contribution is -2.03. The number of hydrogen-bond acceptors (Lipinski definition) is 4. The molecule has 0 aliphatic carbocycles. The summed E-state index contributed by atoms with van der Waals surface area (Å²) in [6.07, 6.45) is 10.3. The summed E-state index contributed by atoms with van der Waals surface area (Å²) in [6.45, 7) is 5.74. The van der Waals surface area contributed by atoms with Crippen LogP contribution in [-0.4, -0.2) is 29.3 Å². The van der Waals surface area contributed by atoms with Gasteiger partial charge in [0.25, 0.3) is 0 Å². The van der Waals surface area contributed by atoms with E-state index in [-0.39, 0.29) is 0 Å². The minimum atomic E-state index is 0.737. The molecule has 0 atom stereocenters. The quantitative estimate of drug-likeness (QED) is 0.719.